The second-order valence-electron chi connectivity index (χ2n) is 8.63. The maximum atomic E-state index is 13.3. The van der Waals surface area contributed by atoms with Crippen LogP contribution in [0, 0.1) is 13.8 Å². The number of carbonyl (C=O) groups excluding carboxylic acids is 3. The molecular weight excluding hydrogens is 462 g/mol. The molecule has 1 unspecified atom stereocenters. The molecule has 0 radical (unpaired) electrons. The quantitative estimate of drug-likeness (QED) is 0.714. The Morgan fingerprint density at radius 3 is 2.52 bits per heavy atom. The number of carbonyl (C=O) groups is 3. The molecule has 8 nitrogen and oxygen atoms in total. The normalized spacial score (nSPS) is 21.3. The molecule has 1 saturated carbocycles. The van der Waals surface area contributed by atoms with Gasteiger partial charge in [0.15, 0.2) is 0 Å². The van der Waals surface area contributed by atoms with Crippen LogP contribution in [0.1, 0.15) is 44.7 Å². The minimum atomic E-state index is -3.96. The van der Waals surface area contributed by atoms with E-state index in [1.807, 2.05) is 32.0 Å². The summed E-state index contributed by atoms with van der Waals surface area (Å²) >= 11 is 1.46. The number of benzene rings is 2. The van der Waals surface area contributed by atoms with Gasteiger partial charge >= 0.3 is 0 Å². The lowest BCUT2D eigenvalue weighted by Gasteiger charge is -2.23. The van der Waals surface area contributed by atoms with Crippen LogP contribution < -0.4 is 5.32 Å². The number of aryl methyl sites for hydroxylation is 2. The van der Waals surface area contributed by atoms with Gasteiger partial charge in [0, 0.05) is 23.0 Å². The van der Waals surface area contributed by atoms with Gasteiger partial charge in [-0.1, -0.05) is 6.07 Å². The zero-order valence-electron chi connectivity index (χ0n) is 18.2. The standard InChI is InChI=1S/C23H23N3O5S2/c1-13-3-5-16(9-14(13)2)24-21(27)19-11-32-12-25(19)22(28)15-4-8-18-20(10-15)33(30,31)26(23(18)29)17-6-7-17/h3-5,8-10,17,19H,6-7,11-12H2,1-2H3,(H,24,27). The van der Waals surface area contributed by atoms with E-state index in [9.17, 15) is 22.8 Å². The van der Waals surface area contributed by atoms with E-state index < -0.39 is 27.9 Å². The Kier molecular flexibility index (Phi) is 5.24. The highest BCUT2D eigenvalue weighted by Gasteiger charge is 2.49. The average molecular weight is 486 g/mol. The highest BCUT2D eigenvalue weighted by atomic mass is 32.2. The average Bonchev–Trinajstić information content (AvgIpc) is 3.43. The summed E-state index contributed by atoms with van der Waals surface area (Å²) in [6.07, 6.45) is 1.32. The van der Waals surface area contributed by atoms with Crippen LogP contribution in [-0.4, -0.2) is 59.1 Å². The number of rotatable bonds is 4. The van der Waals surface area contributed by atoms with Crippen molar-refractivity contribution in [3.8, 4) is 0 Å². The van der Waals surface area contributed by atoms with E-state index in [-0.39, 0.29) is 28.0 Å². The lowest BCUT2D eigenvalue weighted by atomic mass is 10.1. The summed E-state index contributed by atoms with van der Waals surface area (Å²) in [5.74, 6) is -0.495. The first-order valence-corrected chi connectivity index (χ1v) is 13.3. The molecule has 172 valence electrons. The molecule has 1 atom stereocenters. The molecule has 1 aliphatic carbocycles. The van der Waals surface area contributed by atoms with Crippen molar-refractivity contribution in [1.82, 2.24) is 9.21 Å². The number of thioether (sulfide) groups is 1. The van der Waals surface area contributed by atoms with E-state index in [4.69, 9.17) is 0 Å². The summed E-state index contributed by atoms with van der Waals surface area (Å²) in [6.45, 7) is 3.95. The molecule has 33 heavy (non-hydrogen) atoms. The van der Waals surface area contributed by atoms with Gasteiger partial charge in [0.1, 0.15) is 10.9 Å². The van der Waals surface area contributed by atoms with E-state index in [2.05, 4.69) is 5.32 Å². The second kappa shape index (κ2) is 7.88. The van der Waals surface area contributed by atoms with Crippen LogP contribution in [0.5, 0.6) is 0 Å². The highest BCUT2D eigenvalue weighted by Crippen LogP contribution is 2.40. The monoisotopic (exact) mass is 485 g/mol. The lowest BCUT2D eigenvalue weighted by molar-refractivity contribution is -0.119. The Hall–Kier alpha value is -2.85. The van der Waals surface area contributed by atoms with Crippen LogP contribution >= 0.6 is 11.8 Å². The Morgan fingerprint density at radius 1 is 1.06 bits per heavy atom. The number of hydrogen-bond acceptors (Lipinski definition) is 6. The van der Waals surface area contributed by atoms with Crippen LogP contribution in [0.25, 0.3) is 0 Å². The molecule has 2 aromatic carbocycles. The molecule has 0 spiro atoms. The first kappa shape index (κ1) is 22.0. The third-order valence-electron chi connectivity index (χ3n) is 6.29. The maximum absolute atomic E-state index is 13.3. The molecule has 0 aromatic heterocycles. The fraction of sp³-hybridized carbons (Fsp3) is 0.348. The predicted molar refractivity (Wildman–Crippen MR) is 125 cm³/mol. The van der Waals surface area contributed by atoms with Crippen molar-refractivity contribution >= 4 is 45.2 Å². The van der Waals surface area contributed by atoms with E-state index in [1.54, 1.807) is 0 Å². The summed E-state index contributed by atoms with van der Waals surface area (Å²) in [5, 5.41) is 2.88. The second-order valence-corrected chi connectivity index (χ2v) is 11.4. The zero-order chi connectivity index (χ0) is 23.5. The van der Waals surface area contributed by atoms with Crippen molar-refractivity contribution in [3.05, 3.63) is 58.7 Å². The molecule has 1 saturated heterocycles. The summed E-state index contributed by atoms with van der Waals surface area (Å²) in [5.41, 5.74) is 3.07. The minimum absolute atomic E-state index is 0.0956. The number of fused-ring (bicyclic) bond motifs is 1. The molecule has 3 amide bonds. The van der Waals surface area contributed by atoms with E-state index in [0.29, 0.717) is 30.2 Å². The number of sulfonamides is 1. The molecule has 2 aromatic rings. The molecule has 0 bridgehead atoms. The van der Waals surface area contributed by atoms with Gasteiger partial charge in [0.2, 0.25) is 5.91 Å². The Labute approximate surface area is 196 Å². The smallest absolute Gasteiger partial charge is 0.269 e. The van der Waals surface area contributed by atoms with Crippen molar-refractivity contribution in [2.45, 2.75) is 43.7 Å². The van der Waals surface area contributed by atoms with Gasteiger partial charge in [-0.05, 0) is 68.1 Å². The molecule has 2 heterocycles. The SMILES string of the molecule is Cc1ccc(NC(=O)C2CSCN2C(=O)c2ccc3c(c2)S(=O)(=O)N(C2CC2)C3=O)cc1C. The fourth-order valence-electron chi connectivity index (χ4n) is 4.12. The van der Waals surface area contributed by atoms with Crippen molar-refractivity contribution in [2.75, 3.05) is 16.9 Å². The lowest BCUT2D eigenvalue weighted by Crippen LogP contribution is -2.44. The third-order valence-corrected chi connectivity index (χ3v) is 9.18. The number of amides is 3. The summed E-state index contributed by atoms with van der Waals surface area (Å²) < 4.78 is 26.8. The van der Waals surface area contributed by atoms with Crippen molar-refractivity contribution in [3.63, 3.8) is 0 Å². The topological polar surface area (TPSA) is 104 Å². The van der Waals surface area contributed by atoms with E-state index >= 15 is 0 Å². The van der Waals surface area contributed by atoms with Crippen molar-refractivity contribution in [2.24, 2.45) is 0 Å². The third kappa shape index (κ3) is 3.71. The van der Waals surface area contributed by atoms with Gasteiger partial charge in [0.25, 0.3) is 21.8 Å². The minimum Gasteiger partial charge on any atom is -0.324 e. The van der Waals surface area contributed by atoms with Gasteiger partial charge in [-0.3, -0.25) is 14.4 Å². The molecule has 10 heteroatoms. The molecule has 5 rings (SSSR count). The number of nitrogens with zero attached hydrogens (tertiary/aromatic N) is 2. The van der Waals surface area contributed by atoms with Crippen LogP contribution in [-0.2, 0) is 14.8 Å². The Bertz CT molecular complexity index is 1300. The van der Waals surface area contributed by atoms with Gasteiger partial charge < -0.3 is 10.2 Å². The van der Waals surface area contributed by atoms with E-state index in [1.165, 1.54) is 34.9 Å². The zero-order valence-corrected chi connectivity index (χ0v) is 19.8. The van der Waals surface area contributed by atoms with Gasteiger partial charge in [-0.15, -0.1) is 11.8 Å². The molecule has 3 aliphatic rings. The molecule has 1 N–H and O–H groups in total. The number of hydrogen-bond donors (Lipinski definition) is 1. The highest BCUT2D eigenvalue weighted by molar-refractivity contribution is 7.99. The fourth-order valence-corrected chi connectivity index (χ4v) is 7.12. The number of nitrogens with one attached hydrogen (secondary N) is 1. The summed E-state index contributed by atoms with van der Waals surface area (Å²) in [6, 6.07) is 8.80. The van der Waals surface area contributed by atoms with Gasteiger partial charge in [0.05, 0.1) is 11.4 Å². The Morgan fingerprint density at radius 2 is 1.82 bits per heavy atom. The van der Waals surface area contributed by atoms with Crippen molar-refractivity contribution < 1.29 is 22.8 Å². The van der Waals surface area contributed by atoms with Gasteiger partial charge in [-0.25, -0.2) is 12.7 Å². The number of anilines is 1. The maximum Gasteiger partial charge on any atom is 0.269 e. The van der Waals surface area contributed by atoms with Crippen LogP contribution in [0.4, 0.5) is 5.69 Å². The summed E-state index contributed by atoms with van der Waals surface area (Å²) in [4.78, 5) is 40.1. The van der Waals surface area contributed by atoms with Crippen LogP contribution in [0.2, 0.25) is 0 Å². The van der Waals surface area contributed by atoms with Crippen LogP contribution in [0.3, 0.4) is 0 Å². The molecule has 2 aliphatic heterocycles. The predicted octanol–water partition coefficient (Wildman–Crippen LogP) is 2.76. The first-order valence-electron chi connectivity index (χ1n) is 10.7. The molecular formula is C23H23N3O5S2. The van der Waals surface area contributed by atoms with Crippen LogP contribution in [0.15, 0.2) is 41.3 Å². The largest absolute Gasteiger partial charge is 0.324 e. The first-order chi connectivity index (χ1) is 15.7. The van der Waals surface area contributed by atoms with Gasteiger partial charge in [-0.2, -0.15) is 0 Å². The summed E-state index contributed by atoms with van der Waals surface area (Å²) in [7, 11) is -3.96. The molecule has 2 fully saturated rings. The van der Waals surface area contributed by atoms with Crippen molar-refractivity contribution in [1.29, 1.82) is 0 Å². The van der Waals surface area contributed by atoms with E-state index in [0.717, 1.165) is 15.4 Å². The Balaban J connectivity index is 1.38.